The minimum atomic E-state index is -0.507. The summed E-state index contributed by atoms with van der Waals surface area (Å²) < 4.78 is 11.6. The molecule has 0 aliphatic carbocycles. The van der Waals surface area contributed by atoms with E-state index >= 15 is 0 Å². The maximum absolute atomic E-state index is 8.66. The summed E-state index contributed by atoms with van der Waals surface area (Å²) in [5.74, 6) is 0. The lowest BCUT2D eigenvalue weighted by Gasteiger charge is -2.32. The minimum Gasteiger partial charge on any atom is -0.405 e. The molecule has 0 atom stereocenters. The molecule has 0 radical (unpaired) electrons. The van der Waals surface area contributed by atoms with E-state index in [0.29, 0.717) is 12.0 Å². The predicted molar refractivity (Wildman–Crippen MR) is 68.8 cm³/mol. The van der Waals surface area contributed by atoms with Crippen LogP contribution in [-0.2, 0) is 9.31 Å². The second kappa shape index (κ2) is 5.20. The van der Waals surface area contributed by atoms with E-state index in [4.69, 9.17) is 20.1 Å². The predicted octanol–water partition coefficient (Wildman–Crippen LogP) is 0.523. The van der Waals surface area contributed by atoms with Crippen LogP contribution in [0.1, 0.15) is 27.7 Å². The highest BCUT2D eigenvalue weighted by molar-refractivity contribution is 6.60. The van der Waals surface area contributed by atoms with Crippen LogP contribution in [0.4, 0.5) is 0 Å². The van der Waals surface area contributed by atoms with Gasteiger partial charge in [0.25, 0.3) is 0 Å². The fourth-order valence-corrected chi connectivity index (χ4v) is 1.39. The highest BCUT2D eigenvalue weighted by atomic mass is 16.7. The third-order valence-corrected chi connectivity index (χ3v) is 3.19. The van der Waals surface area contributed by atoms with Gasteiger partial charge in [-0.1, -0.05) is 0 Å². The molecule has 1 saturated heterocycles. The number of aliphatic imine (C=N–C) groups is 1. The van der Waals surface area contributed by atoms with Gasteiger partial charge in [0.1, 0.15) is 0 Å². The Morgan fingerprint density at radius 3 is 2.24 bits per heavy atom. The Morgan fingerprint density at radius 2 is 1.82 bits per heavy atom. The molecule has 0 unspecified atom stereocenters. The van der Waals surface area contributed by atoms with E-state index in [1.807, 2.05) is 27.7 Å². The van der Waals surface area contributed by atoms with Crippen molar-refractivity contribution in [2.75, 3.05) is 13.2 Å². The number of rotatable bonds is 4. The molecule has 0 amide bonds. The van der Waals surface area contributed by atoms with Gasteiger partial charge in [-0.3, -0.25) is 4.99 Å². The molecule has 1 heterocycles. The summed E-state index contributed by atoms with van der Waals surface area (Å²) in [5, 5.41) is 8.66. The van der Waals surface area contributed by atoms with Gasteiger partial charge in [0.2, 0.25) is 0 Å². The maximum atomic E-state index is 8.66. The molecule has 5 nitrogen and oxygen atoms in total. The zero-order valence-electron chi connectivity index (χ0n) is 10.9. The third kappa shape index (κ3) is 3.09. The standard InChI is InChI=1S/C11H21BN2O3/c1-10(2)11(3,4)17-12(16-10)9(7-13)8-14-5-6-15/h7-8,15H,5-6,13H2,1-4H3. The summed E-state index contributed by atoms with van der Waals surface area (Å²) in [4.78, 5) is 4.02. The molecule has 0 aromatic carbocycles. The zero-order valence-corrected chi connectivity index (χ0v) is 10.9. The summed E-state index contributed by atoms with van der Waals surface area (Å²) in [6, 6.07) is 0. The minimum absolute atomic E-state index is 0.0116. The van der Waals surface area contributed by atoms with Crippen molar-refractivity contribution in [1.82, 2.24) is 0 Å². The van der Waals surface area contributed by atoms with Gasteiger partial charge in [-0.25, -0.2) is 0 Å². The van der Waals surface area contributed by atoms with Gasteiger partial charge in [-0.05, 0) is 33.9 Å². The molecule has 1 fully saturated rings. The zero-order chi connectivity index (χ0) is 13.1. The Morgan fingerprint density at radius 1 is 1.29 bits per heavy atom. The molecular weight excluding hydrogens is 219 g/mol. The highest BCUT2D eigenvalue weighted by Crippen LogP contribution is 2.38. The van der Waals surface area contributed by atoms with E-state index in [9.17, 15) is 0 Å². The van der Waals surface area contributed by atoms with Crippen LogP contribution in [-0.4, -0.2) is 42.8 Å². The Balaban J connectivity index is 2.75. The summed E-state index contributed by atoms with van der Waals surface area (Å²) >= 11 is 0. The van der Waals surface area contributed by atoms with Crippen molar-refractivity contribution in [3.05, 3.63) is 11.7 Å². The van der Waals surface area contributed by atoms with Gasteiger partial charge in [0, 0.05) is 11.7 Å². The lowest BCUT2D eigenvalue weighted by molar-refractivity contribution is 0.00578. The van der Waals surface area contributed by atoms with E-state index in [2.05, 4.69) is 4.99 Å². The van der Waals surface area contributed by atoms with Crippen LogP contribution >= 0.6 is 0 Å². The van der Waals surface area contributed by atoms with Gasteiger partial charge in [0.15, 0.2) is 0 Å². The Hall–Kier alpha value is -0.845. The van der Waals surface area contributed by atoms with Crippen molar-refractivity contribution < 1.29 is 14.4 Å². The first kappa shape index (κ1) is 14.2. The molecule has 96 valence electrons. The van der Waals surface area contributed by atoms with Crippen molar-refractivity contribution in [3.8, 4) is 0 Å². The van der Waals surface area contributed by atoms with Crippen molar-refractivity contribution >= 4 is 13.3 Å². The fourth-order valence-electron chi connectivity index (χ4n) is 1.39. The number of nitrogens with two attached hydrogens (primary N) is 1. The second-order valence-electron chi connectivity index (χ2n) is 5.01. The summed E-state index contributed by atoms with van der Waals surface area (Å²) in [6.45, 7) is 8.27. The van der Waals surface area contributed by atoms with Gasteiger partial charge in [-0.2, -0.15) is 0 Å². The van der Waals surface area contributed by atoms with E-state index in [1.54, 1.807) is 6.21 Å². The van der Waals surface area contributed by atoms with Crippen molar-refractivity contribution in [2.24, 2.45) is 10.7 Å². The van der Waals surface area contributed by atoms with Crippen LogP contribution < -0.4 is 5.73 Å². The molecule has 0 bridgehead atoms. The van der Waals surface area contributed by atoms with Crippen molar-refractivity contribution in [2.45, 2.75) is 38.9 Å². The Kier molecular flexibility index (Phi) is 4.35. The smallest absolute Gasteiger partial charge is 0.405 e. The normalized spacial score (nSPS) is 23.6. The number of hydrogen-bond acceptors (Lipinski definition) is 5. The molecule has 6 heteroatoms. The summed E-state index contributed by atoms with van der Waals surface area (Å²) in [6.07, 6.45) is 3.00. The maximum Gasteiger partial charge on any atom is 0.497 e. The monoisotopic (exact) mass is 240 g/mol. The van der Waals surface area contributed by atoms with Crippen molar-refractivity contribution in [1.29, 1.82) is 0 Å². The van der Waals surface area contributed by atoms with Gasteiger partial charge >= 0.3 is 7.12 Å². The molecule has 17 heavy (non-hydrogen) atoms. The number of aliphatic hydroxyl groups excluding tert-OH is 1. The largest absolute Gasteiger partial charge is 0.497 e. The van der Waals surface area contributed by atoms with Gasteiger partial charge < -0.3 is 20.1 Å². The van der Waals surface area contributed by atoms with Crippen molar-refractivity contribution in [3.63, 3.8) is 0 Å². The van der Waals surface area contributed by atoms with Gasteiger partial charge in [-0.15, -0.1) is 0 Å². The second-order valence-corrected chi connectivity index (χ2v) is 5.01. The van der Waals surface area contributed by atoms with Crippen LogP contribution in [0.15, 0.2) is 16.7 Å². The average Bonchev–Trinajstić information content (AvgIpc) is 2.43. The first-order valence-electron chi connectivity index (χ1n) is 5.72. The quantitative estimate of drug-likeness (QED) is 0.554. The summed E-state index contributed by atoms with van der Waals surface area (Å²) in [5.41, 5.74) is 5.42. The van der Waals surface area contributed by atoms with Crippen LogP contribution in [0.3, 0.4) is 0 Å². The van der Waals surface area contributed by atoms with Crippen LogP contribution in [0.25, 0.3) is 0 Å². The molecule has 0 saturated carbocycles. The molecule has 3 N–H and O–H groups in total. The number of aliphatic hydroxyl groups is 1. The van der Waals surface area contributed by atoms with Crippen LogP contribution in [0.2, 0.25) is 0 Å². The molecule has 0 aromatic rings. The van der Waals surface area contributed by atoms with Crippen LogP contribution in [0, 0.1) is 0 Å². The molecule has 1 aliphatic rings. The summed E-state index contributed by atoms with van der Waals surface area (Å²) in [7, 11) is -0.507. The SMILES string of the molecule is CC1(C)OB(C(C=NCCO)=CN)OC1(C)C. The number of hydrogen-bond donors (Lipinski definition) is 2. The first-order chi connectivity index (χ1) is 7.84. The van der Waals surface area contributed by atoms with E-state index in [-0.39, 0.29) is 6.61 Å². The fraction of sp³-hybridized carbons (Fsp3) is 0.727. The Labute approximate surface area is 103 Å². The molecule has 0 aromatic heterocycles. The number of allylic oxidation sites excluding steroid dienone is 1. The van der Waals surface area contributed by atoms with E-state index in [0.717, 1.165) is 0 Å². The van der Waals surface area contributed by atoms with Crippen LogP contribution in [0.5, 0.6) is 0 Å². The highest BCUT2D eigenvalue weighted by Gasteiger charge is 2.52. The molecular formula is C11H21BN2O3. The topological polar surface area (TPSA) is 77.1 Å². The van der Waals surface area contributed by atoms with E-state index in [1.165, 1.54) is 6.20 Å². The molecule has 1 aliphatic heterocycles. The molecule has 0 spiro atoms. The van der Waals surface area contributed by atoms with Gasteiger partial charge in [0.05, 0.1) is 24.4 Å². The molecule has 1 rings (SSSR count). The lowest BCUT2D eigenvalue weighted by atomic mass is 9.79. The number of nitrogens with zero attached hydrogens (tertiary/aromatic N) is 1. The Bertz CT molecular complexity index is 311. The van der Waals surface area contributed by atoms with E-state index < -0.39 is 18.3 Å². The lowest BCUT2D eigenvalue weighted by Crippen LogP contribution is -2.41. The third-order valence-electron chi connectivity index (χ3n) is 3.19. The average molecular weight is 240 g/mol. The first-order valence-corrected chi connectivity index (χ1v) is 5.72.